The maximum absolute atomic E-state index is 13.1. The van der Waals surface area contributed by atoms with Crippen LogP contribution >= 0.6 is 0 Å². The third-order valence-electron chi connectivity index (χ3n) is 3.65. The molecule has 2 rings (SSSR count). The van der Waals surface area contributed by atoms with Crippen LogP contribution in [0.2, 0.25) is 0 Å². The number of carboxylic acids is 1. The number of aliphatic carboxylic acids is 1. The van der Waals surface area contributed by atoms with Crippen LogP contribution in [0.1, 0.15) is 19.4 Å². The van der Waals surface area contributed by atoms with Crippen LogP contribution in [0, 0.1) is 58.2 Å². The van der Waals surface area contributed by atoms with Crippen LogP contribution in [0.4, 0.5) is 43.9 Å². The summed E-state index contributed by atoms with van der Waals surface area (Å²) in [6, 6.07) is 0. The van der Waals surface area contributed by atoms with Crippen molar-refractivity contribution in [3.8, 4) is 5.75 Å². The lowest BCUT2D eigenvalue weighted by Crippen LogP contribution is -2.13. The molecule has 2 aromatic rings. The molecule has 0 unspecified atom stereocenters. The molecule has 14 heteroatoms. The lowest BCUT2D eigenvalue weighted by atomic mass is 10.1. The van der Waals surface area contributed by atoms with E-state index in [2.05, 4.69) is 11.3 Å². The molecule has 0 spiro atoms. The second kappa shape index (κ2) is 10.9. The van der Waals surface area contributed by atoms with E-state index in [0.717, 1.165) is 13.8 Å². The molecule has 4 nitrogen and oxygen atoms in total. The number of carbonyl (C=O) groups is 2. The normalized spacial score (nSPS) is 11.0. The van der Waals surface area contributed by atoms with E-state index < -0.39 is 87.0 Å². The zero-order valence-electron chi connectivity index (χ0n) is 16.7. The zero-order valence-corrected chi connectivity index (χ0v) is 16.7. The number of benzene rings is 2. The molecule has 0 atom stereocenters. The molecule has 0 amide bonds. The molecule has 2 aromatic carbocycles. The second-order valence-electron chi connectivity index (χ2n) is 6.18. The highest BCUT2D eigenvalue weighted by Gasteiger charge is 2.28. The standard InChI is InChI=1S/2C10H5F5O2/c1-3(2)10(16)17-9-7(14)5(12)4(11)6(13)8(9)15;1-3(10(16)17)2-4-5(11)7(13)9(15)8(14)6(4)12/h1H2,2H3;2H,1H3,(H,16,17). The minimum absolute atomic E-state index is 0.256. The Morgan fingerprint density at radius 2 is 1.00 bits per heavy atom. The summed E-state index contributed by atoms with van der Waals surface area (Å²) >= 11 is 0. The molecule has 0 aliphatic carbocycles. The van der Waals surface area contributed by atoms with Gasteiger partial charge in [-0.15, -0.1) is 0 Å². The lowest BCUT2D eigenvalue weighted by Gasteiger charge is -2.08. The Kier molecular flexibility index (Phi) is 9.00. The minimum Gasteiger partial charge on any atom is -0.478 e. The van der Waals surface area contributed by atoms with Gasteiger partial charge in [-0.3, -0.25) is 0 Å². The number of esters is 1. The Balaban J connectivity index is 0.000000340. The first-order chi connectivity index (χ1) is 15.5. The van der Waals surface area contributed by atoms with Crippen LogP contribution < -0.4 is 4.74 Å². The van der Waals surface area contributed by atoms with E-state index in [0.29, 0.717) is 6.08 Å². The van der Waals surface area contributed by atoms with Crippen molar-refractivity contribution in [3.63, 3.8) is 0 Å². The number of halogens is 10. The van der Waals surface area contributed by atoms with Gasteiger partial charge in [-0.1, -0.05) is 6.58 Å². The lowest BCUT2D eigenvalue weighted by molar-refractivity contribution is -0.132. The summed E-state index contributed by atoms with van der Waals surface area (Å²) in [7, 11) is 0. The van der Waals surface area contributed by atoms with Gasteiger partial charge in [0.2, 0.25) is 40.7 Å². The molecule has 0 bridgehead atoms. The summed E-state index contributed by atoms with van der Waals surface area (Å²) in [4.78, 5) is 21.3. The first-order valence-electron chi connectivity index (χ1n) is 8.36. The van der Waals surface area contributed by atoms with Gasteiger partial charge in [0, 0.05) is 11.1 Å². The highest BCUT2D eigenvalue weighted by atomic mass is 19.2. The molecule has 0 saturated heterocycles. The molecule has 0 aliphatic rings. The van der Waals surface area contributed by atoms with Crippen molar-refractivity contribution >= 4 is 18.0 Å². The summed E-state index contributed by atoms with van der Waals surface area (Å²) in [5.74, 6) is -26.3. The van der Waals surface area contributed by atoms with Gasteiger partial charge in [0.1, 0.15) is 0 Å². The second-order valence-corrected chi connectivity index (χ2v) is 6.18. The molecule has 34 heavy (non-hydrogen) atoms. The van der Waals surface area contributed by atoms with Crippen LogP contribution in [-0.2, 0) is 9.59 Å². The van der Waals surface area contributed by atoms with Crippen LogP contribution in [-0.4, -0.2) is 17.0 Å². The predicted octanol–water partition coefficient (Wildman–Crippen LogP) is 5.73. The van der Waals surface area contributed by atoms with Crippen LogP contribution in [0.25, 0.3) is 6.08 Å². The first kappa shape index (κ1) is 28.2. The predicted molar refractivity (Wildman–Crippen MR) is 94.2 cm³/mol. The number of carboxylic acid groups (broad SMARTS) is 1. The number of ether oxygens (including phenoxy) is 1. The Bertz CT molecular complexity index is 1160. The maximum Gasteiger partial charge on any atom is 0.338 e. The highest BCUT2D eigenvalue weighted by Crippen LogP contribution is 2.29. The SMILES string of the molecule is C=C(C)C(=O)Oc1c(F)c(F)c(F)c(F)c1F.CC(=Cc1c(F)c(F)c(F)c(F)c1F)C(=O)O. The summed E-state index contributed by atoms with van der Waals surface area (Å²) in [6.45, 7) is 5.20. The number of rotatable bonds is 4. The van der Waals surface area contributed by atoms with Gasteiger partial charge >= 0.3 is 11.9 Å². The minimum atomic E-state index is -2.32. The molecule has 184 valence electrons. The largest absolute Gasteiger partial charge is 0.478 e. The van der Waals surface area contributed by atoms with E-state index in [4.69, 9.17) is 5.11 Å². The van der Waals surface area contributed by atoms with E-state index in [9.17, 15) is 53.5 Å². The third-order valence-corrected chi connectivity index (χ3v) is 3.65. The summed E-state index contributed by atoms with van der Waals surface area (Å²) < 4.78 is 132. The van der Waals surface area contributed by atoms with Crippen molar-refractivity contribution < 1.29 is 63.3 Å². The quantitative estimate of drug-likeness (QED) is 0.144. The summed E-state index contributed by atoms with van der Waals surface area (Å²) in [5.41, 5.74) is -2.09. The molecule has 0 fully saturated rings. The third kappa shape index (κ3) is 5.74. The van der Waals surface area contributed by atoms with Crippen molar-refractivity contribution in [2.75, 3.05) is 0 Å². The van der Waals surface area contributed by atoms with Gasteiger partial charge in [0.15, 0.2) is 23.3 Å². The van der Waals surface area contributed by atoms with Gasteiger partial charge in [0.05, 0.1) is 5.56 Å². The number of carbonyl (C=O) groups excluding carboxylic acids is 1. The number of hydrogen-bond donors (Lipinski definition) is 1. The van der Waals surface area contributed by atoms with Crippen molar-refractivity contribution in [1.29, 1.82) is 0 Å². The Morgan fingerprint density at radius 1 is 0.676 bits per heavy atom. The maximum atomic E-state index is 13.1. The Morgan fingerprint density at radius 3 is 1.32 bits per heavy atom. The fraction of sp³-hybridized carbons (Fsp3) is 0.100. The van der Waals surface area contributed by atoms with E-state index in [1.165, 1.54) is 0 Å². The molecule has 1 N–H and O–H groups in total. The van der Waals surface area contributed by atoms with Crippen molar-refractivity contribution in [1.82, 2.24) is 0 Å². The van der Waals surface area contributed by atoms with E-state index in [-0.39, 0.29) is 5.57 Å². The van der Waals surface area contributed by atoms with Gasteiger partial charge in [0.25, 0.3) is 0 Å². The monoisotopic (exact) mass is 504 g/mol. The van der Waals surface area contributed by atoms with Crippen molar-refractivity contribution in [2.24, 2.45) is 0 Å². The molecule has 0 radical (unpaired) electrons. The van der Waals surface area contributed by atoms with Crippen molar-refractivity contribution in [2.45, 2.75) is 13.8 Å². The molecular formula is C20H10F10O4. The smallest absolute Gasteiger partial charge is 0.338 e. The van der Waals surface area contributed by atoms with E-state index in [1.54, 1.807) is 0 Å². The number of hydrogen-bond acceptors (Lipinski definition) is 3. The van der Waals surface area contributed by atoms with Crippen LogP contribution in [0.15, 0.2) is 17.7 Å². The van der Waals surface area contributed by atoms with Gasteiger partial charge in [-0.2, -0.15) is 8.78 Å². The van der Waals surface area contributed by atoms with Gasteiger partial charge < -0.3 is 9.84 Å². The first-order valence-corrected chi connectivity index (χ1v) is 8.36. The average molecular weight is 504 g/mol. The topological polar surface area (TPSA) is 63.6 Å². The summed E-state index contributed by atoms with van der Waals surface area (Å²) in [5, 5.41) is 8.44. The Hall–Kier alpha value is -3.84. The van der Waals surface area contributed by atoms with Gasteiger partial charge in [-0.05, 0) is 19.9 Å². The average Bonchev–Trinajstić information content (AvgIpc) is 2.79. The van der Waals surface area contributed by atoms with E-state index in [1.807, 2.05) is 0 Å². The molecule has 0 heterocycles. The van der Waals surface area contributed by atoms with Crippen LogP contribution in [0.5, 0.6) is 5.75 Å². The molecule has 0 saturated carbocycles. The molecule has 0 aromatic heterocycles. The fourth-order valence-electron chi connectivity index (χ4n) is 1.88. The van der Waals surface area contributed by atoms with Crippen molar-refractivity contribution in [3.05, 3.63) is 81.5 Å². The van der Waals surface area contributed by atoms with Gasteiger partial charge in [-0.25, -0.2) is 44.7 Å². The summed E-state index contributed by atoms with van der Waals surface area (Å²) in [6.07, 6.45) is 0.374. The zero-order chi connectivity index (χ0) is 26.7. The van der Waals surface area contributed by atoms with Crippen LogP contribution in [0.3, 0.4) is 0 Å². The fourth-order valence-corrected chi connectivity index (χ4v) is 1.88. The molecular weight excluding hydrogens is 494 g/mol. The Labute approximate surface area is 183 Å². The van der Waals surface area contributed by atoms with E-state index >= 15 is 0 Å². The molecule has 0 aliphatic heterocycles. The highest BCUT2D eigenvalue weighted by molar-refractivity contribution is 5.91.